The fourth-order valence-electron chi connectivity index (χ4n) is 1.93. The Balaban J connectivity index is 2.21. The van der Waals surface area contributed by atoms with Crippen LogP contribution >= 0.6 is 23.2 Å². The maximum atomic E-state index is 10.9. The Hall–Kier alpha value is -0.930. The van der Waals surface area contributed by atoms with Crippen molar-refractivity contribution in [2.75, 3.05) is 6.61 Å². The number of carboxylic acid groups (broad SMARTS) is 1. The predicted octanol–water partition coefficient (Wildman–Crippen LogP) is 2.84. The van der Waals surface area contributed by atoms with E-state index in [0.717, 1.165) is 11.3 Å². The first-order valence-corrected chi connectivity index (χ1v) is 6.12. The number of hydrogen-bond donors (Lipinski definition) is 1. The van der Waals surface area contributed by atoms with Gasteiger partial charge >= 0.3 is 5.97 Å². The molecule has 1 fully saturated rings. The molecule has 92 valence electrons. The standard InChI is InChI=1S/C12H12Cl2O3/c1-2-17-8-5-3-7(4-6-8)12(14)9(10(12)13)11(15)16/h3-6,9-10H,2H2,1H3,(H,15,16). The highest BCUT2D eigenvalue weighted by molar-refractivity contribution is 6.39. The highest BCUT2D eigenvalue weighted by atomic mass is 35.5. The lowest BCUT2D eigenvalue weighted by molar-refractivity contribution is -0.138. The van der Waals surface area contributed by atoms with Gasteiger partial charge in [-0.05, 0) is 24.6 Å². The zero-order valence-electron chi connectivity index (χ0n) is 9.19. The highest BCUT2D eigenvalue weighted by Crippen LogP contribution is 2.61. The Bertz CT molecular complexity index is 432. The number of carboxylic acids is 1. The van der Waals surface area contributed by atoms with Crippen LogP contribution in [0.5, 0.6) is 5.75 Å². The van der Waals surface area contributed by atoms with Crippen LogP contribution in [0.25, 0.3) is 0 Å². The first kappa shape index (κ1) is 12.5. The minimum Gasteiger partial charge on any atom is -0.494 e. The van der Waals surface area contributed by atoms with E-state index in [1.165, 1.54) is 0 Å². The van der Waals surface area contributed by atoms with Crippen molar-refractivity contribution in [3.63, 3.8) is 0 Å². The minimum absolute atomic E-state index is 0.570. The number of benzene rings is 1. The Labute approximate surface area is 109 Å². The van der Waals surface area contributed by atoms with Gasteiger partial charge in [0.15, 0.2) is 0 Å². The quantitative estimate of drug-likeness (QED) is 0.859. The molecule has 1 saturated carbocycles. The average molecular weight is 275 g/mol. The molecule has 5 heteroatoms. The van der Waals surface area contributed by atoms with Gasteiger partial charge < -0.3 is 9.84 Å². The van der Waals surface area contributed by atoms with E-state index in [-0.39, 0.29) is 0 Å². The molecule has 0 saturated heterocycles. The maximum absolute atomic E-state index is 10.9. The summed E-state index contributed by atoms with van der Waals surface area (Å²) in [7, 11) is 0. The molecule has 17 heavy (non-hydrogen) atoms. The number of aliphatic carboxylic acids is 1. The van der Waals surface area contributed by atoms with Crippen molar-refractivity contribution in [3.8, 4) is 5.75 Å². The lowest BCUT2D eigenvalue weighted by Gasteiger charge is -2.09. The van der Waals surface area contributed by atoms with Gasteiger partial charge in [-0.1, -0.05) is 12.1 Å². The van der Waals surface area contributed by atoms with Crippen molar-refractivity contribution in [1.29, 1.82) is 0 Å². The maximum Gasteiger partial charge on any atom is 0.310 e. The van der Waals surface area contributed by atoms with Crippen molar-refractivity contribution < 1.29 is 14.6 Å². The first-order chi connectivity index (χ1) is 8.01. The fourth-order valence-corrected chi connectivity index (χ4v) is 2.90. The van der Waals surface area contributed by atoms with E-state index in [1.54, 1.807) is 24.3 Å². The molecule has 0 aliphatic heterocycles. The number of carbonyl (C=O) groups is 1. The molecule has 0 aromatic heterocycles. The summed E-state index contributed by atoms with van der Waals surface area (Å²) in [5, 5.41) is 8.40. The van der Waals surface area contributed by atoms with E-state index in [0.29, 0.717) is 6.61 Å². The fraction of sp³-hybridized carbons (Fsp3) is 0.417. The number of halogens is 2. The third-order valence-electron chi connectivity index (χ3n) is 2.91. The van der Waals surface area contributed by atoms with Gasteiger partial charge in [-0.15, -0.1) is 23.2 Å². The molecule has 0 radical (unpaired) electrons. The largest absolute Gasteiger partial charge is 0.494 e. The third kappa shape index (κ3) is 1.98. The van der Waals surface area contributed by atoms with Gasteiger partial charge in [0, 0.05) is 0 Å². The Morgan fingerprint density at radius 1 is 1.47 bits per heavy atom. The number of hydrogen-bond acceptors (Lipinski definition) is 2. The highest BCUT2D eigenvalue weighted by Gasteiger charge is 2.68. The lowest BCUT2D eigenvalue weighted by atomic mass is 10.1. The molecule has 1 aliphatic carbocycles. The zero-order chi connectivity index (χ0) is 12.6. The minimum atomic E-state index is -0.988. The second-order valence-electron chi connectivity index (χ2n) is 3.94. The zero-order valence-corrected chi connectivity index (χ0v) is 10.7. The van der Waals surface area contributed by atoms with Crippen LogP contribution in [0.1, 0.15) is 12.5 Å². The van der Waals surface area contributed by atoms with Crippen molar-refractivity contribution in [2.45, 2.75) is 17.2 Å². The molecule has 0 bridgehead atoms. The molecular formula is C12H12Cl2O3. The molecule has 0 spiro atoms. The summed E-state index contributed by atoms with van der Waals surface area (Å²) in [6.45, 7) is 2.48. The van der Waals surface area contributed by atoms with Crippen LogP contribution in [0.4, 0.5) is 0 Å². The summed E-state index contributed by atoms with van der Waals surface area (Å²) in [6, 6.07) is 7.06. The Morgan fingerprint density at radius 3 is 2.47 bits per heavy atom. The Kier molecular flexibility index (Phi) is 3.23. The van der Waals surface area contributed by atoms with E-state index in [9.17, 15) is 4.79 Å². The molecule has 3 unspecified atom stereocenters. The van der Waals surface area contributed by atoms with Crippen molar-refractivity contribution in [2.24, 2.45) is 5.92 Å². The second-order valence-corrected chi connectivity index (χ2v) is 5.04. The number of rotatable bonds is 4. The summed E-state index contributed by atoms with van der Waals surface area (Å²) < 4.78 is 5.30. The van der Waals surface area contributed by atoms with Crippen LogP contribution in [0.2, 0.25) is 0 Å². The van der Waals surface area contributed by atoms with Gasteiger partial charge in [0.1, 0.15) is 10.6 Å². The Morgan fingerprint density at radius 2 is 2.06 bits per heavy atom. The predicted molar refractivity (Wildman–Crippen MR) is 65.9 cm³/mol. The summed E-state index contributed by atoms with van der Waals surface area (Å²) in [6.07, 6.45) is 0. The molecule has 0 heterocycles. The van der Waals surface area contributed by atoms with Gasteiger partial charge in [-0.2, -0.15) is 0 Å². The summed E-state index contributed by atoms with van der Waals surface area (Å²) in [5.41, 5.74) is 0.718. The topological polar surface area (TPSA) is 46.5 Å². The molecule has 0 amide bonds. The molecule has 1 aromatic rings. The lowest BCUT2D eigenvalue weighted by Crippen LogP contribution is -2.08. The molecule has 3 atom stereocenters. The van der Waals surface area contributed by atoms with E-state index in [1.807, 2.05) is 6.92 Å². The van der Waals surface area contributed by atoms with E-state index in [2.05, 4.69) is 0 Å². The third-order valence-corrected chi connectivity index (χ3v) is 4.31. The molecule has 1 aromatic carbocycles. The molecule has 1 aliphatic rings. The average Bonchev–Trinajstić information content (AvgIpc) is 2.84. The van der Waals surface area contributed by atoms with Crippen LogP contribution in [-0.2, 0) is 9.67 Å². The van der Waals surface area contributed by atoms with Gasteiger partial charge in [0.05, 0.1) is 17.9 Å². The van der Waals surface area contributed by atoms with Crippen LogP contribution < -0.4 is 4.74 Å². The van der Waals surface area contributed by atoms with E-state index >= 15 is 0 Å². The van der Waals surface area contributed by atoms with Gasteiger partial charge in [-0.25, -0.2) is 0 Å². The van der Waals surface area contributed by atoms with Gasteiger partial charge in [0.2, 0.25) is 0 Å². The molecule has 2 rings (SSSR count). The monoisotopic (exact) mass is 274 g/mol. The number of alkyl halides is 2. The van der Waals surface area contributed by atoms with Crippen molar-refractivity contribution >= 4 is 29.2 Å². The van der Waals surface area contributed by atoms with E-state index < -0.39 is 22.1 Å². The summed E-state index contributed by atoms with van der Waals surface area (Å²) in [5.74, 6) is -0.965. The number of ether oxygens (including phenoxy) is 1. The van der Waals surface area contributed by atoms with E-state index in [4.69, 9.17) is 33.0 Å². The molecular weight excluding hydrogens is 263 g/mol. The molecule has 3 nitrogen and oxygen atoms in total. The SMILES string of the molecule is CCOc1ccc(C2(Cl)C(Cl)C2C(=O)O)cc1. The normalized spacial score (nSPS) is 31.0. The van der Waals surface area contributed by atoms with Gasteiger partial charge in [0.25, 0.3) is 0 Å². The van der Waals surface area contributed by atoms with Gasteiger partial charge in [-0.3, -0.25) is 4.79 Å². The van der Waals surface area contributed by atoms with Crippen molar-refractivity contribution in [1.82, 2.24) is 0 Å². The summed E-state index contributed by atoms with van der Waals surface area (Å²) >= 11 is 12.2. The van der Waals surface area contributed by atoms with Crippen LogP contribution in [-0.4, -0.2) is 23.1 Å². The summed E-state index contributed by atoms with van der Waals surface area (Å²) in [4.78, 5) is 9.95. The van der Waals surface area contributed by atoms with Crippen molar-refractivity contribution in [3.05, 3.63) is 29.8 Å². The smallest absolute Gasteiger partial charge is 0.310 e. The molecule has 1 N–H and O–H groups in total. The van der Waals surface area contributed by atoms with Crippen LogP contribution in [0, 0.1) is 5.92 Å². The van der Waals surface area contributed by atoms with Crippen LogP contribution in [0.15, 0.2) is 24.3 Å². The van der Waals surface area contributed by atoms with Crippen LogP contribution in [0.3, 0.4) is 0 Å². The second kappa shape index (κ2) is 4.39. The first-order valence-electron chi connectivity index (χ1n) is 5.31.